The van der Waals surface area contributed by atoms with E-state index in [4.69, 9.17) is 16.9 Å². The number of halogens is 1. The van der Waals surface area contributed by atoms with Gasteiger partial charge in [-0.05, 0) is 6.07 Å². The van der Waals surface area contributed by atoms with Gasteiger partial charge in [0.2, 0.25) is 0 Å². The number of carbonyl (C=O) groups excluding carboxylic acids is 1. The van der Waals surface area contributed by atoms with Gasteiger partial charge in [-0.25, -0.2) is 0 Å². The van der Waals surface area contributed by atoms with E-state index in [2.05, 4.69) is 9.72 Å². The predicted octanol–water partition coefficient (Wildman–Crippen LogP) is 1.91. The van der Waals surface area contributed by atoms with E-state index < -0.39 is 11.9 Å². The van der Waals surface area contributed by atoms with Gasteiger partial charge in [0.05, 0.1) is 25.5 Å². The molecule has 0 spiro atoms. The molecule has 1 aromatic heterocycles. The van der Waals surface area contributed by atoms with Gasteiger partial charge in [-0.3, -0.25) is 9.78 Å². The average Bonchev–Trinajstić information content (AvgIpc) is 2.26. The van der Waals surface area contributed by atoms with Crippen molar-refractivity contribution < 1.29 is 9.53 Å². The minimum Gasteiger partial charge on any atom is -0.469 e. The first-order chi connectivity index (χ1) is 7.20. The quantitative estimate of drug-likeness (QED) is 0.736. The molecule has 5 heteroatoms. The molecule has 15 heavy (non-hydrogen) atoms. The van der Waals surface area contributed by atoms with E-state index in [1.807, 2.05) is 6.07 Å². The minimum atomic E-state index is -0.666. The number of esters is 1. The van der Waals surface area contributed by atoms with Crippen LogP contribution in [0.5, 0.6) is 0 Å². The maximum Gasteiger partial charge on any atom is 0.314 e. The van der Waals surface area contributed by atoms with Crippen LogP contribution in [0.2, 0.25) is 5.02 Å². The molecule has 1 unspecified atom stereocenters. The fourth-order valence-corrected chi connectivity index (χ4v) is 1.44. The van der Waals surface area contributed by atoms with Crippen LogP contribution in [0, 0.1) is 11.3 Å². The molecule has 0 amide bonds. The van der Waals surface area contributed by atoms with E-state index in [-0.39, 0.29) is 6.42 Å². The summed E-state index contributed by atoms with van der Waals surface area (Å²) in [5.41, 5.74) is 0.521. The SMILES string of the molecule is COC(=O)C(CC#N)c1cnccc1Cl. The van der Waals surface area contributed by atoms with Crippen LogP contribution in [0.4, 0.5) is 0 Å². The molecule has 0 saturated heterocycles. The number of pyridine rings is 1. The molecule has 4 nitrogen and oxygen atoms in total. The summed E-state index contributed by atoms with van der Waals surface area (Å²) >= 11 is 5.90. The number of hydrogen-bond acceptors (Lipinski definition) is 4. The Morgan fingerprint density at radius 3 is 3.07 bits per heavy atom. The largest absolute Gasteiger partial charge is 0.469 e. The molecule has 0 N–H and O–H groups in total. The molecule has 1 rings (SSSR count). The van der Waals surface area contributed by atoms with E-state index in [9.17, 15) is 4.79 Å². The Kier molecular flexibility index (Phi) is 4.07. The molecular formula is C10H9ClN2O2. The summed E-state index contributed by atoms with van der Waals surface area (Å²) in [4.78, 5) is 15.3. The summed E-state index contributed by atoms with van der Waals surface area (Å²) < 4.78 is 4.60. The summed E-state index contributed by atoms with van der Waals surface area (Å²) in [5, 5.41) is 9.02. The third kappa shape index (κ3) is 2.67. The Morgan fingerprint density at radius 1 is 1.80 bits per heavy atom. The van der Waals surface area contributed by atoms with Crippen molar-refractivity contribution in [3.05, 3.63) is 29.0 Å². The maximum absolute atomic E-state index is 11.4. The van der Waals surface area contributed by atoms with Gasteiger partial charge in [0.25, 0.3) is 0 Å². The van der Waals surface area contributed by atoms with Crippen molar-refractivity contribution in [3.8, 4) is 6.07 Å². The van der Waals surface area contributed by atoms with Gasteiger partial charge in [0.15, 0.2) is 0 Å². The number of methoxy groups -OCH3 is 1. The summed E-state index contributed by atoms with van der Waals surface area (Å²) in [7, 11) is 1.27. The molecule has 0 radical (unpaired) electrons. The Hall–Kier alpha value is -1.60. The lowest BCUT2D eigenvalue weighted by molar-refractivity contribution is -0.142. The molecule has 0 aliphatic rings. The van der Waals surface area contributed by atoms with Crippen LogP contribution >= 0.6 is 11.6 Å². The van der Waals surface area contributed by atoms with Gasteiger partial charge in [-0.15, -0.1) is 0 Å². The van der Waals surface area contributed by atoms with Gasteiger partial charge in [-0.1, -0.05) is 11.6 Å². The van der Waals surface area contributed by atoms with Crippen LogP contribution in [0.25, 0.3) is 0 Å². The zero-order chi connectivity index (χ0) is 11.3. The molecule has 0 saturated carbocycles. The van der Waals surface area contributed by atoms with Crippen LogP contribution in [0.1, 0.15) is 17.9 Å². The zero-order valence-electron chi connectivity index (χ0n) is 8.11. The lowest BCUT2D eigenvalue weighted by atomic mass is 9.98. The van der Waals surface area contributed by atoms with Gasteiger partial charge < -0.3 is 4.74 Å². The molecule has 0 aliphatic heterocycles. The van der Waals surface area contributed by atoms with Crippen molar-refractivity contribution in [1.82, 2.24) is 4.98 Å². The standard InChI is InChI=1S/C10H9ClN2O2/c1-15-10(14)7(2-4-12)8-6-13-5-3-9(8)11/h3,5-7H,2H2,1H3. The molecule has 1 heterocycles. The van der Waals surface area contributed by atoms with Crippen LogP contribution < -0.4 is 0 Å². The van der Waals surface area contributed by atoms with Gasteiger partial charge in [-0.2, -0.15) is 5.26 Å². The van der Waals surface area contributed by atoms with E-state index >= 15 is 0 Å². The van der Waals surface area contributed by atoms with Crippen molar-refractivity contribution in [2.45, 2.75) is 12.3 Å². The number of hydrogen-bond donors (Lipinski definition) is 0. The van der Waals surface area contributed by atoms with E-state index in [0.29, 0.717) is 10.6 Å². The Bertz CT molecular complexity index is 401. The molecule has 0 aromatic carbocycles. The molecule has 1 atom stereocenters. The van der Waals surface area contributed by atoms with Crippen LogP contribution in [0.15, 0.2) is 18.5 Å². The predicted molar refractivity (Wildman–Crippen MR) is 54.2 cm³/mol. The van der Waals surface area contributed by atoms with Crippen molar-refractivity contribution in [1.29, 1.82) is 5.26 Å². The average molecular weight is 225 g/mol. The van der Waals surface area contributed by atoms with Crippen LogP contribution in [-0.4, -0.2) is 18.1 Å². The van der Waals surface area contributed by atoms with Gasteiger partial charge in [0.1, 0.15) is 0 Å². The van der Waals surface area contributed by atoms with Crippen molar-refractivity contribution in [2.75, 3.05) is 7.11 Å². The van der Waals surface area contributed by atoms with Gasteiger partial charge >= 0.3 is 5.97 Å². The van der Waals surface area contributed by atoms with Crippen molar-refractivity contribution >= 4 is 17.6 Å². The smallest absolute Gasteiger partial charge is 0.314 e. The highest BCUT2D eigenvalue weighted by atomic mass is 35.5. The third-order valence-corrected chi connectivity index (χ3v) is 2.30. The van der Waals surface area contributed by atoms with E-state index in [0.717, 1.165) is 0 Å². The number of carbonyl (C=O) groups is 1. The summed E-state index contributed by atoms with van der Waals surface area (Å²) in [6, 6.07) is 3.50. The first kappa shape index (κ1) is 11.5. The van der Waals surface area contributed by atoms with Crippen molar-refractivity contribution in [2.24, 2.45) is 0 Å². The molecule has 78 valence electrons. The van der Waals surface area contributed by atoms with Crippen LogP contribution in [-0.2, 0) is 9.53 Å². The second-order valence-electron chi connectivity index (χ2n) is 2.84. The number of aromatic nitrogens is 1. The first-order valence-corrected chi connectivity index (χ1v) is 4.62. The third-order valence-electron chi connectivity index (χ3n) is 1.95. The minimum absolute atomic E-state index is 0.0259. The fraction of sp³-hybridized carbons (Fsp3) is 0.300. The lowest BCUT2D eigenvalue weighted by Crippen LogP contribution is -2.14. The highest BCUT2D eigenvalue weighted by molar-refractivity contribution is 6.31. The number of rotatable bonds is 3. The van der Waals surface area contributed by atoms with E-state index in [1.165, 1.54) is 19.5 Å². The Labute approximate surface area is 92.4 Å². The van der Waals surface area contributed by atoms with Gasteiger partial charge in [0, 0.05) is 23.0 Å². The second kappa shape index (κ2) is 5.32. The summed E-state index contributed by atoms with van der Waals surface area (Å²) in [6.45, 7) is 0. The lowest BCUT2D eigenvalue weighted by Gasteiger charge is -2.12. The second-order valence-corrected chi connectivity index (χ2v) is 3.24. The topological polar surface area (TPSA) is 63.0 Å². The Morgan fingerprint density at radius 2 is 2.53 bits per heavy atom. The maximum atomic E-state index is 11.4. The Balaban J connectivity index is 3.05. The zero-order valence-corrected chi connectivity index (χ0v) is 8.86. The van der Waals surface area contributed by atoms with Crippen molar-refractivity contribution in [3.63, 3.8) is 0 Å². The summed E-state index contributed by atoms with van der Waals surface area (Å²) in [6.07, 6.45) is 3.02. The highest BCUT2D eigenvalue weighted by Crippen LogP contribution is 2.26. The number of nitriles is 1. The molecule has 1 aromatic rings. The number of ether oxygens (including phenoxy) is 1. The van der Waals surface area contributed by atoms with E-state index in [1.54, 1.807) is 6.07 Å². The molecule has 0 bridgehead atoms. The summed E-state index contributed by atoms with van der Waals surface area (Å²) in [5.74, 6) is -1.15. The fourth-order valence-electron chi connectivity index (χ4n) is 1.20. The monoisotopic (exact) mass is 224 g/mol. The molecular weight excluding hydrogens is 216 g/mol. The normalized spacial score (nSPS) is 11.5. The highest BCUT2D eigenvalue weighted by Gasteiger charge is 2.23. The number of nitrogens with zero attached hydrogens (tertiary/aromatic N) is 2. The van der Waals surface area contributed by atoms with Crippen LogP contribution in [0.3, 0.4) is 0 Å². The molecule has 0 fully saturated rings. The molecule has 0 aliphatic carbocycles. The first-order valence-electron chi connectivity index (χ1n) is 4.25.